The highest BCUT2D eigenvalue weighted by atomic mass is 16.5. The molecule has 0 spiro atoms. The largest absolute Gasteiger partial charge is 0.467 e. The molecule has 1 atom stereocenters. The Kier molecular flexibility index (Phi) is 4.68. The van der Waals surface area contributed by atoms with Crippen molar-refractivity contribution in [2.75, 3.05) is 0 Å². The highest BCUT2D eigenvalue weighted by molar-refractivity contribution is 5.95. The van der Waals surface area contributed by atoms with Crippen molar-refractivity contribution in [1.29, 1.82) is 0 Å². The maximum atomic E-state index is 12.5. The van der Waals surface area contributed by atoms with E-state index in [0.29, 0.717) is 23.2 Å². The molecule has 0 aliphatic carbocycles. The molecule has 4 rings (SSSR count). The molecule has 3 heterocycles. The number of benzene rings is 1. The number of carbonyl (C=O) groups excluding carboxylic acids is 2. The van der Waals surface area contributed by atoms with E-state index in [4.69, 9.17) is 9.15 Å². The van der Waals surface area contributed by atoms with Gasteiger partial charge in [-0.15, -0.1) is 0 Å². The number of amides is 1. The van der Waals surface area contributed by atoms with Crippen LogP contribution in [-0.2, 0) is 29.0 Å². The molecular weight excluding hydrogens is 362 g/mol. The number of hydrogen-bond acceptors (Lipinski definition) is 6. The molecule has 1 N–H and O–H groups in total. The second kappa shape index (κ2) is 7.30. The van der Waals surface area contributed by atoms with Gasteiger partial charge in [-0.25, -0.2) is 9.78 Å². The summed E-state index contributed by atoms with van der Waals surface area (Å²) in [6, 6.07) is 8.08. The number of esters is 1. The lowest BCUT2D eigenvalue weighted by Crippen LogP contribution is -2.35. The van der Waals surface area contributed by atoms with Crippen LogP contribution in [0.15, 0.2) is 45.8 Å². The predicted octanol–water partition coefficient (Wildman–Crippen LogP) is 1.80. The molecule has 0 unspecified atom stereocenters. The number of carbonyl (C=O) groups is 2. The van der Waals surface area contributed by atoms with Gasteiger partial charge >= 0.3 is 5.97 Å². The first-order valence-corrected chi connectivity index (χ1v) is 9.07. The normalized spacial score (nSPS) is 13.9. The van der Waals surface area contributed by atoms with Crippen LogP contribution >= 0.6 is 0 Å². The Balaban J connectivity index is 1.47. The third kappa shape index (κ3) is 3.40. The maximum Gasteiger partial charge on any atom is 0.338 e. The van der Waals surface area contributed by atoms with Crippen LogP contribution < -0.4 is 10.9 Å². The Morgan fingerprint density at radius 1 is 1.36 bits per heavy atom. The zero-order valence-electron chi connectivity index (χ0n) is 15.3. The SMILES string of the molecule is C[C@H](OC(=O)c1ccc2c(=O)n3c(nc2c1)CCC3)C(=O)NCc1ccco1. The summed E-state index contributed by atoms with van der Waals surface area (Å²) in [5.74, 6) is 0.254. The quantitative estimate of drug-likeness (QED) is 0.676. The van der Waals surface area contributed by atoms with Gasteiger partial charge in [0.1, 0.15) is 11.6 Å². The van der Waals surface area contributed by atoms with Crippen molar-refractivity contribution in [2.24, 2.45) is 0 Å². The van der Waals surface area contributed by atoms with E-state index in [-0.39, 0.29) is 17.7 Å². The van der Waals surface area contributed by atoms with E-state index in [9.17, 15) is 14.4 Å². The summed E-state index contributed by atoms with van der Waals surface area (Å²) in [6.07, 6.45) is 2.17. The first kappa shape index (κ1) is 18.0. The summed E-state index contributed by atoms with van der Waals surface area (Å²) in [5, 5.41) is 3.10. The Morgan fingerprint density at radius 3 is 3.00 bits per heavy atom. The first-order chi connectivity index (χ1) is 13.5. The van der Waals surface area contributed by atoms with Gasteiger partial charge in [-0.2, -0.15) is 0 Å². The molecule has 144 valence electrons. The first-order valence-electron chi connectivity index (χ1n) is 9.07. The van der Waals surface area contributed by atoms with Gasteiger partial charge in [-0.05, 0) is 43.7 Å². The van der Waals surface area contributed by atoms with Crippen LogP contribution in [0.4, 0.5) is 0 Å². The lowest BCUT2D eigenvalue weighted by molar-refractivity contribution is -0.129. The number of aryl methyl sites for hydroxylation is 1. The van der Waals surface area contributed by atoms with Crippen molar-refractivity contribution in [3.8, 4) is 0 Å². The molecule has 1 aliphatic heterocycles. The van der Waals surface area contributed by atoms with E-state index < -0.39 is 18.0 Å². The second-order valence-electron chi connectivity index (χ2n) is 6.67. The van der Waals surface area contributed by atoms with E-state index in [0.717, 1.165) is 18.7 Å². The predicted molar refractivity (Wildman–Crippen MR) is 99.8 cm³/mol. The molecule has 0 saturated heterocycles. The number of nitrogens with one attached hydrogen (secondary N) is 1. The molecule has 1 aromatic carbocycles. The number of aromatic nitrogens is 2. The zero-order valence-corrected chi connectivity index (χ0v) is 15.3. The lowest BCUT2D eigenvalue weighted by atomic mass is 10.1. The minimum Gasteiger partial charge on any atom is -0.467 e. The number of nitrogens with zero attached hydrogens (tertiary/aromatic N) is 2. The molecule has 3 aromatic rings. The fourth-order valence-corrected chi connectivity index (χ4v) is 3.22. The van der Waals surface area contributed by atoms with Crippen LogP contribution in [0.1, 0.15) is 35.3 Å². The molecular formula is C20H19N3O5. The Bertz CT molecular complexity index is 1100. The third-order valence-corrected chi connectivity index (χ3v) is 4.72. The highest BCUT2D eigenvalue weighted by Crippen LogP contribution is 2.17. The van der Waals surface area contributed by atoms with Gasteiger partial charge in [0.25, 0.3) is 11.5 Å². The fraction of sp³-hybridized carbons (Fsp3) is 0.300. The summed E-state index contributed by atoms with van der Waals surface area (Å²) in [5.41, 5.74) is 0.610. The minimum absolute atomic E-state index is 0.0944. The summed E-state index contributed by atoms with van der Waals surface area (Å²) in [4.78, 5) is 41.5. The van der Waals surface area contributed by atoms with Crippen LogP contribution in [0.25, 0.3) is 10.9 Å². The Morgan fingerprint density at radius 2 is 2.21 bits per heavy atom. The molecule has 2 aromatic heterocycles. The van der Waals surface area contributed by atoms with Crippen LogP contribution in [0.2, 0.25) is 0 Å². The van der Waals surface area contributed by atoms with Gasteiger partial charge in [0.15, 0.2) is 6.10 Å². The third-order valence-electron chi connectivity index (χ3n) is 4.72. The molecule has 1 amide bonds. The summed E-state index contributed by atoms with van der Waals surface area (Å²) in [6.45, 7) is 2.38. The summed E-state index contributed by atoms with van der Waals surface area (Å²) >= 11 is 0. The van der Waals surface area contributed by atoms with Crippen molar-refractivity contribution in [2.45, 2.75) is 39.0 Å². The van der Waals surface area contributed by atoms with Gasteiger partial charge in [-0.1, -0.05) is 0 Å². The van der Waals surface area contributed by atoms with Gasteiger partial charge < -0.3 is 14.5 Å². The molecule has 8 heteroatoms. The van der Waals surface area contributed by atoms with Gasteiger partial charge in [0.05, 0.1) is 29.3 Å². The van der Waals surface area contributed by atoms with E-state index in [1.165, 1.54) is 25.3 Å². The Hall–Kier alpha value is -3.42. The van der Waals surface area contributed by atoms with Crippen LogP contribution in [-0.4, -0.2) is 27.5 Å². The number of ether oxygens (including phenoxy) is 1. The fourth-order valence-electron chi connectivity index (χ4n) is 3.22. The maximum absolute atomic E-state index is 12.5. The van der Waals surface area contributed by atoms with E-state index in [1.54, 1.807) is 22.8 Å². The van der Waals surface area contributed by atoms with Gasteiger partial charge in [0, 0.05) is 13.0 Å². The smallest absolute Gasteiger partial charge is 0.338 e. The number of hydrogen-bond donors (Lipinski definition) is 1. The standard InChI is InChI=1S/C20H19N3O5/c1-12(18(24)21-11-14-4-3-9-27-14)28-20(26)13-6-7-15-16(10-13)22-17-5-2-8-23(17)19(15)25/h3-4,6-7,9-10,12H,2,5,8,11H2,1H3,(H,21,24)/t12-/m0/s1. The minimum atomic E-state index is -0.975. The lowest BCUT2D eigenvalue weighted by Gasteiger charge is -2.13. The van der Waals surface area contributed by atoms with E-state index >= 15 is 0 Å². The van der Waals surface area contributed by atoms with Crippen LogP contribution in [0.5, 0.6) is 0 Å². The van der Waals surface area contributed by atoms with Gasteiger partial charge in [0.2, 0.25) is 0 Å². The average molecular weight is 381 g/mol. The molecule has 1 aliphatic rings. The van der Waals surface area contributed by atoms with Crippen molar-refractivity contribution in [1.82, 2.24) is 14.9 Å². The molecule has 0 bridgehead atoms. The second-order valence-corrected chi connectivity index (χ2v) is 6.67. The topological polar surface area (TPSA) is 103 Å². The van der Waals surface area contributed by atoms with E-state index in [1.807, 2.05) is 0 Å². The number of fused-ring (bicyclic) bond motifs is 2. The van der Waals surface area contributed by atoms with Crippen LogP contribution in [0, 0.1) is 0 Å². The molecule has 8 nitrogen and oxygen atoms in total. The molecule has 0 radical (unpaired) electrons. The van der Waals surface area contributed by atoms with Crippen molar-refractivity contribution in [3.05, 3.63) is 64.1 Å². The van der Waals surface area contributed by atoms with Crippen molar-refractivity contribution in [3.63, 3.8) is 0 Å². The summed E-state index contributed by atoms with van der Waals surface area (Å²) < 4.78 is 12.1. The van der Waals surface area contributed by atoms with Crippen molar-refractivity contribution >= 4 is 22.8 Å². The molecule has 0 saturated carbocycles. The monoisotopic (exact) mass is 381 g/mol. The van der Waals surface area contributed by atoms with Crippen LogP contribution in [0.3, 0.4) is 0 Å². The zero-order chi connectivity index (χ0) is 19.7. The van der Waals surface area contributed by atoms with Gasteiger partial charge in [-0.3, -0.25) is 14.2 Å². The molecule has 28 heavy (non-hydrogen) atoms. The van der Waals surface area contributed by atoms with E-state index in [2.05, 4.69) is 10.3 Å². The number of furan rings is 1. The number of rotatable bonds is 5. The Labute approximate surface area is 160 Å². The summed E-state index contributed by atoms with van der Waals surface area (Å²) in [7, 11) is 0. The average Bonchev–Trinajstić information content (AvgIpc) is 3.37. The van der Waals surface area contributed by atoms with Crippen molar-refractivity contribution < 1.29 is 18.7 Å². The highest BCUT2D eigenvalue weighted by Gasteiger charge is 2.21. The molecule has 0 fully saturated rings.